The van der Waals surface area contributed by atoms with E-state index >= 15 is 0 Å². The van der Waals surface area contributed by atoms with Crippen LogP contribution in [0.25, 0.3) is 11.0 Å². The number of likely N-dealkylation sites (tertiary alicyclic amines) is 2. The Balaban J connectivity index is 1.15. The van der Waals surface area contributed by atoms with Gasteiger partial charge in [0.1, 0.15) is 11.6 Å². The first kappa shape index (κ1) is 24.6. The van der Waals surface area contributed by atoms with Gasteiger partial charge in [-0.1, -0.05) is 66.9 Å². The van der Waals surface area contributed by atoms with Crippen LogP contribution < -0.4 is 0 Å². The van der Waals surface area contributed by atoms with Gasteiger partial charge in [0.2, 0.25) is 0 Å². The predicted molar refractivity (Wildman–Crippen MR) is 144 cm³/mol. The predicted octanol–water partition coefficient (Wildman–Crippen LogP) is 4.82. The van der Waals surface area contributed by atoms with E-state index in [-0.39, 0.29) is 12.0 Å². The molecule has 1 unspecified atom stereocenters. The van der Waals surface area contributed by atoms with Gasteiger partial charge in [-0.3, -0.25) is 9.69 Å². The summed E-state index contributed by atoms with van der Waals surface area (Å²) in [7, 11) is 0. The third-order valence-electron chi connectivity index (χ3n) is 9.21. The summed E-state index contributed by atoms with van der Waals surface area (Å²) in [4.78, 5) is 17.4. The van der Waals surface area contributed by atoms with Gasteiger partial charge in [0, 0.05) is 38.6 Å². The van der Waals surface area contributed by atoms with Crippen LogP contribution in [-0.2, 0) is 4.79 Å². The van der Waals surface area contributed by atoms with E-state index in [0.29, 0.717) is 17.9 Å². The molecule has 2 aliphatic heterocycles. The molecule has 3 atom stereocenters. The maximum atomic E-state index is 12.5. The van der Waals surface area contributed by atoms with Gasteiger partial charge in [-0.2, -0.15) is 0 Å². The first-order chi connectivity index (χ1) is 18.2. The molecule has 1 saturated carbocycles. The minimum absolute atomic E-state index is 0.287. The van der Waals surface area contributed by atoms with Gasteiger partial charge in [0.25, 0.3) is 0 Å². The fraction of sp³-hybridized carbons (Fsp3) is 0.567. The first-order valence-electron chi connectivity index (χ1n) is 14.2. The van der Waals surface area contributed by atoms with Crippen LogP contribution in [0.3, 0.4) is 0 Å². The van der Waals surface area contributed by atoms with Crippen molar-refractivity contribution >= 4 is 17.0 Å². The average Bonchev–Trinajstić information content (AvgIpc) is 3.55. The molecule has 0 amide bonds. The summed E-state index contributed by atoms with van der Waals surface area (Å²) >= 11 is 0. The molecule has 1 aliphatic carbocycles. The molecule has 7 heteroatoms. The van der Waals surface area contributed by atoms with E-state index < -0.39 is 5.97 Å². The first-order valence-corrected chi connectivity index (χ1v) is 14.2. The molecule has 3 heterocycles. The van der Waals surface area contributed by atoms with E-state index in [4.69, 9.17) is 0 Å². The highest BCUT2D eigenvalue weighted by molar-refractivity contribution is 5.74. The molecule has 37 heavy (non-hydrogen) atoms. The number of carboxylic acids is 1. The highest BCUT2D eigenvalue weighted by atomic mass is 16.4. The number of fused-ring (bicyclic) bond motifs is 1. The minimum atomic E-state index is -0.625. The van der Waals surface area contributed by atoms with Gasteiger partial charge in [0.15, 0.2) is 0 Å². The van der Waals surface area contributed by atoms with E-state index in [0.717, 1.165) is 69.4 Å². The number of aromatic nitrogens is 3. The van der Waals surface area contributed by atoms with Crippen molar-refractivity contribution in [2.45, 2.75) is 62.9 Å². The molecule has 6 rings (SSSR count). The largest absolute Gasteiger partial charge is 0.480 e. The van der Waals surface area contributed by atoms with Crippen molar-refractivity contribution in [1.29, 1.82) is 0 Å². The van der Waals surface area contributed by atoms with Crippen molar-refractivity contribution < 1.29 is 9.90 Å². The topological polar surface area (TPSA) is 74.5 Å². The van der Waals surface area contributed by atoms with Crippen molar-refractivity contribution in [3.8, 4) is 0 Å². The number of carbonyl (C=O) groups is 1. The molecule has 196 valence electrons. The summed E-state index contributed by atoms with van der Waals surface area (Å²) in [6, 6.07) is 19.1. The van der Waals surface area contributed by atoms with Crippen LogP contribution in [0.1, 0.15) is 62.5 Å². The van der Waals surface area contributed by atoms with Crippen LogP contribution in [0.2, 0.25) is 0 Å². The Morgan fingerprint density at radius 2 is 1.65 bits per heavy atom. The summed E-state index contributed by atoms with van der Waals surface area (Å²) in [6.45, 7) is 4.84. The number of para-hydroxylation sites is 1. The molecular weight excluding hydrogens is 462 g/mol. The van der Waals surface area contributed by atoms with Crippen molar-refractivity contribution in [3.05, 3.63) is 60.2 Å². The number of aliphatic carboxylic acids is 1. The van der Waals surface area contributed by atoms with E-state index in [9.17, 15) is 9.90 Å². The SMILES string of the molecule is O=C(O)[C@@H](C1CCCCC1)N1CC(c2ccccc2)[C@@H](CN2CCC(n3nnc4ccccc43)CC2)C1. The van der Waals surface area contributed by atoms with E-state index in [2.05, 4.69) is 67.3 Å². The number of benzene rings is 2. The van der Waals surface area contributed by atoms with Crippen LogP contribution >= 0.6 is 0 Å². The Labute approximate surface area is 219 Å². The van der Waals surface area contributed by atoms with E-state index in [1.165, 1.54) is 24.8 Å². The molecule has 0 spiro atoms. The Bertz CT molecular complexity index is 1180. The zero-order valence-corrected chi connectivity index (χ0v) is 21.7. The van der Waals surface area contributed by atoms with Gasteiger partial charge < -0.3 is 10.0 Å². The summed E-state index contributed by atoms with van der Waals surface area (Å²) in [6.07, 6.45) is 7.84. The number of nitrogens with zero attached hydrogens (tertiary/aromatic N) is 5. The second-order valence-corrected chi connectivity index (χ2v) is 11.5. The molecule has 1 N–H and O–H groups in total. The van der Waals surface area contributed by atoms with Crippen LogP contribution in [-0.4, -0.2) is 74.6 Å². The number of hydrogen-bond acceptors (Lipinski definition) is 5. The molecule has 3 aliphatic rings. The summed E-state index contributed by atoms with van der Waals surface area (Å²) in [5, 5.41) is 19.1. The van der Waals surface area contributed by atoms with Crippen molar-refractivity contribution in [3.63, 3.8) is 0 Å². The van der Waals surface area contributed by atoms with Gasteiger partial charge in [0.05, 0.1) is 11.6 Å². The maximum Gasteiger partial charge on any atom is 0.321 e. The second-order valence-electron chi connectivity index (χ2n) is 11.5. The maximum absolute atomic E-state index is 12.5. The Hall–Kier alpha value is -2.77. The van der Waals surface area contributed by atoms with Crippen LogP contribution in [0.15, 0.2) is 54.6 Å². The normalized spacial score (nSPS) is 25.5. The van der Waals surface area contributed by atoms with Gasteiger partial charge >= 0.3 is 5.97 Å². The number of hydrogen-bond donors (Lipinski definition) is 1. The Morgan fingerprint density at radius 3 is 2.41 bits per heavy atom. The quantitative estimate of drug-likeness (QED) is 0.501. The smallest absolute Gasteiger partial charge is 0.321 e. The van der Waals surface area contributed by atoms with Crippen LogP contribution in [0.5, 0.6) is 0 Å². The molecule has 3 aromatic rings. The zero-order chi connectivity index (χ0) is 25.2. The van der Waals surface area contributed by atoms with Crippen molar-refractivity contribution in [1.82, 2.24) is 24.8 Å². The fourth-order valence-corrected chi connectivity index (χ4v) is 7.34. The van der Waals surface area contributed by atoms with Crippen molar-refractivity contribution in [2.24, 2.45) is 11.8 Å². The van der Waals surface area contributed by atoms with Crippen LogP contribution in [0, 0.1) is 11.8 Å². The standard InChI is InChI=1S/C30H39N5O2/c36-30(37)29(23-11-5-2-6-12-23)34-20-24(26(21-34)22-9-3-1-4-10-22)19-33-17-15-25(16-18-33)35-28-14-8-7-13-27(28)31-32-35/h1,3-4,7-10,13-14,23-26,29H,2,5-6,11-12,15-21H2,(H,36,37)/t24-,26?,29+/m0/s1. The molecule has 7 nitrogen and oxygen atoms in total. The second kappa shape index (κ2) is 10.9. The van der Waals surface area contributed by atoms with Gasteiger partial charge in [-0.05, 0) is 55.2 Å². The lowest BCUT2D eigenvalue weighted by atomic mass is 9.83. The number of carboxylic acid groups (broad SMARTS) is 1. The zero-order valence-electron chi connectivity index (χ0n) is 21.7. The summed E-state index contributed by atoms with van der Waals surface area (Å²) in [5.74, 6) is 0.482. The highest BCUT2D eigenvalue weighted by Gasteiger charge is 2.43. The number of rotatable bonds is 7. The Morgan fingerprint density at radius 1 is 0.919 bits per heavy atom. The lowest BCUT2D eigenvalue weighted by molar-refractivity contribution is -0.145. The molecule has 3 fully saturated rings. The monoisotopic (exact) mass is 501 g/mol. The van der Waals surface area contributed by atoms with Gasteiger partial charge in [-0.25, -0.2) is 4.68 Å². The minimum Gasteiger partial charge on any atom is -0.480 e. The molecule has 0 radical (unpaired) electrons. The van der Waals surface area contributed by atoms with Crippen molar-refractivity contribution in [2.75, 3.05) is 32.7 Å². The van der Waals surface area contributed by atoms with E-state index in [1.807, 2.05) is 12.1 Å². The fourth-order valence-electron chi connectivity index (χ4n) is 7.34. The van der Waals surface area contributed by atoms with Crippen LogP contribution in [0.4, 0.5) is 0 Å². The third-order valence-corrected chi connectivity index (χ3v) is 9.21. The molecule has 2 saturated heterocycles. The summed E-state index contributed by atoms with van der Waals surface area (Å²) < 4.78 is 2.12. The lowest BCUT2D eigenvalue weighted by Crippen LogP contribution is -2.46. The highest BCUT2D eigenvalue weighted by Crippen LogP contribution is 2.39. The number of piperidine rings is 1. The molecule has 0 bridgehead atoms. The lowest BCUT2D eigenvalue weighted by Gasteiger charge is -2.35. The van der Waals surface area contributed by atoms with E-state index in [1.54, 1.807) is 0 Å². The Kier molecular flexibility index (Phi) is 7.25. The average molecular weight is 502 g/mol. The third kappa shape index (κ3) is 5.16. The molecular formula is C30H39N5O2. The van der Waals surface area contributed by atoms with Gasteiger partial charge in [-0.15, -0.1) is 5.10 Å². The molecule has 1 aromatic heterocycles. The summed E-state index contributed by atoms with van der Waals surface area (Å²) in [5.41, 5.74) is 3.44. The molecule has 2 aromatic carbocycles.